The number of carbonyl (C=O) groups is 1. The highest BCUT2D eigenvalue weighted by Gasteiger charge is 2.46. The second-order valence-corrected chi connectivity index (χ2v) is 8.04. The van der Waals surface area contributed by atoms with E-state index in [1.54, 1.807) is 4.90 Å². The first-order valence-corrected chi connectivity index (χ1v) is 8.11. The fourth-order valence-electron chi connectivity index (χ4n) is 3.21. The molecule has 116 valence electrons. The second kappa shape index (κ2) is 5.62. The van der Waals surface area contributed by atoms with Gasteiger partial charge in [0, 0.05) is 28.4 Å². The summed E-state index contributed by atoms with van der Waals surface area (Å²) in [6, 6.07) is 4.02. The Morgan fingerprint density at radius 1 is 1.48 bits per heavy atom. The zero-order valence-electron chi connectivity index (χ0n) is 12.9. The van der Waals surface area contributed by atoms with Gasteiger partial charge in [0.2, 0.25) is 0 Å². The van der Waals surface area contributed by atoms with Crippen LogP contribution in [0.15, 0.2) is 18.3 Å². The highest BCUT2D eigenvalue weighted by Crippen LogP contribution is 2.35. The van der Waals surface area contributed by atoms with Crippen molar-refractivity contribution in [3.05, 3.63) is 21.9 Å². The van der Waals surface area contributed by atoms with Crippen LogP contribution < -0.4 is 4.90 Å². The van der Waals surface area contributed by atoms with Gasteiger partial charge in [-0.25, -0.2) is 9.78 Å². The predicted molar refractivity (Wildman–Crippen MR) is 91.8 cm³/mol. The second-order valence-electron chi connectivity index (χ2n) is 6.79. The molecule has 1 amide bonds. The Labute approximate surface area is 139 Å². The molecule has 1 N–H and O–H groups in total. The van der Waals surface area contributed by atoms with Crippen molar-refractivity contribution < 1.29 is 9.90 Å². The summed E-state index contributed by atoms with van der Waals surface area (Å²) in [5, 5.41) is 9.62. The van der Waals surface area contributed by atoms with Gasteiger partial charge in [0.15, 0.2) is 0 Å². The van der Waals surface area contributed by atoms with Crippen LogP contribution in [0.25, 0.3) is 0 Å². The van der Waals surface area contributed by atoms with E-state index in [1.807, 2.05) is 46.0 Å². The first-order valence-electron chi connectivity index (χ1n) is 7.03. The molecule has 1 fully saturated rings. The minimum absolute atomic E-state index is 0.394. The molecule has 1 aliphatic heterocycles. The Morgan fingerprint density at radius 3 is 2.62 bits per heavy atom. The fourth-order valence-corrected chi connectivity index (χ4v) is 3.52. The quantitative estimate of drug-likeness (QED) is 0.769. The van der Waals surface area contributed by atoms with Gasteiger partial charge in [-0.05, 0) is 68.8 Å². The lowest BCUT2D eigenvalue weighted by Gasteiger charge is -2.45. The number of hydrogen-bond donors (Lipinski definition) is 1. The Balaban J connectivity index is 2.23. The van der Waals surface area contributed by atoms with E-state index in [0.29, 0.717) is 6.54 Å². The Hall–Kier alpha value is -1.05. The van der Waals surface area contributed by atoms with Gasteiger partial charge in [0.05, 0.1) is 5.54 Å². The van der Waals surface area contributed by atoms with E-state index in [1.165, 1.54) is 0 Å². The van der Waals surface area contributed by atoms with E-state index in [-0.39, 0.29) is 0 Å². The van der Waals surface area contributed by atoms with E-state index < -0.39 is 17.2 Å². The molecule has 6 heteroatoms. The minimum atomic E-state index is -0.859. The van der Waals surface area contributed by atoms with Gasteiger partial charge in [0.25, 0.3) is 0 Å². The zero-order valence-corrected chi connectivity index (χ0v) is 15.1. The summed E-state index contributed by atoms with van der Waals surface area (Å²) in [6.45, 7) is 9.35. The average Bonchev–Trinajstić information content (AvgIpc) is 2.70. The molecule has 0 aliphatic carbocycles. The van der Waals surface area contributed by atoms with Crippen molar-refractivity contribution in [3.8, 4) is 0 Å². The molecule has 5 nitrogen and oxygen atoms in total. The Morgan fingerprint density at radius 2 is 2.14 bits per heavy atom. The molecule has 1 aromatic heterocycles. The number of pyridine rings is 1. The van der Waals surface area contributed by atoms with Gasteiger partial charge >= 0.3 is 6.09 Å². The van der Waals surface area contributed by atoms with Crippen molar-refractivity contribution in [2.45, 2.75) is 45.2 Å². The monoisotopic (exact) mass is 403 g/mol. The van der Waals surface area contributed by atoms with Crippen LogP contribution in [0.5, 0.6) is 0 Å². The number of anilines is 1. The molecule has 1 saturated heterocycles. The van der Waals surface area contributed by atoms with Crippen molar-refractivity contribution in [1.82, 2.24) is 9.88 Å². The molecule has 1 aliphatic rings. The summed E-state index contributed by atoms with van der Waals surface area (Å²) in [4.78, 5) is 19.9. The summed E-state index contributed by atoms with van der Waals surface area (Å²) in [7, 11) is 0. The van der Waals surface area contributed by atoms with Crippen molar-refractivity contribution in [3.63, 3.8) is 0 Å². The van der Waals surface area contributed by atoms with Gasteiger partial charge < -0.3 is 10.0 Å². The molecule has 1 unspecified atom stereocenters. The Bertz CT molecular complexity index is 527. The zero-order chi connectivity index (χ0) is 15.8. The van der Waals surface area contributed by atoms with Gasteiger partial charge in [-0.1, -0.05) is 0 Å². The molecular weight excluding hydrogens is 381 g/mol. The maximum Gasteiger partial charge on any atom is 0.408 e. The molecule has 0 spiro atoms. The van der Waals surface area contributed by atoms with E-state index >= 15 is 0 Å². The lowest BCUT2D eigenvalue weighted by atomic mass is 9.92. The summed E-state index contributed by atoms with van der Waals surface area (Å²) >= 11 is 2.23. The van der Waals surface area contributed by atoms with Crippen molar-refractivity contribution in [1.29, 1.82) is 0 Å². The van der Waals surface area contributed by atoms with Crippen LogP contribution in [0.4, 0.5) is 10.6 Å². The van der Waals surface area contributed by atoms with Crippen molar-refractivity contribution >= 4 is 34.5 Å². The maximum absolute atomic E-state index is 11.7. The van der Waals surface area contributed by atoms with Gasteiger partial charge in [-0.3, -0.25) is 4.90 Å². The standard InChI is InChI=1S/C15H22IN3O2/c1-14(2,3)19(13(20)21)15(4)7-8-18(10-15)12-6-5-11(16)9-17-12/h5-6,9H,7-8,10H2,1-4H3,(H,20,21). The molecule has 1 atom stereocenters. The third kappa shape index (κ3) is 3.41. The third-order valence-electron chi connectivity index (χ3n) is 3.89. The van der Waals surface area contributed by atoms with E-state index in [2.05, 4.69) is 32.5 Å². The van der Waals surface area contributed by atoms with Crippen molar-refractivity contribution in [2.24, 2.45) is 0 Å². The van der Waals surface area contributed by atoms with Gasteiger partial charge in [-0.2, -0.15) is 0 Å². The molecular formula is C15H22IN3O2. The molecule has 21 heavy (non-hydrogen) atoms. The van der Waals surface area contributed by atoms with Crippen LogP contribution in [-0.2, 0) is 0 Å². The summed E-state index contributed by atoms with van der Waals surface area (Å²) < 4.78 is 1.10. The number of hydrogen-bond acceptors (Lipinski definition) is 3. The predicted octanol–water partition coefficient (Wildman–Crippen LogP) is 3.43. The number of carboxylic acid groups (broad SMARTS) is 1. The van der Waals surface area contributed by atoms with Crippen LogP contribution >= 0.6 is 22.6 Å². The van der Waals surface area contributed by atoms with Crippen LogP contribution in [0.2, 0.25) is 0 Å². The first-order chi connectivity index (χ1) is 9.63. The van der Waals surface area contributed by atoms with Crippen LogP contribution in [-0.4, -0.2) is 45.3 Å². The SMILES string of the molecule is CC(C)(C)N(C(=O)O)C1(C)CCN(c2ccc(I)cn2)C1. The normalized spacial score (nSPS) is 22.4. The van der Waals surface area contributed by atoms with Crippen LogP contribution in [0.1, 0.15) is 34.1 Å². The number of rotatable bonds is 2. The largest absolute Gasteiger partial charge is 0.465 e. The molecule has 0 saturated carbocycles. The highest BCUT2D eigenvalue weighted by molar-refractivity contribution is 14.1. The molecule has 2 heterocycles. The van der Waals surface area contributed by atoms with E-state index in [9.17, 15) is 9.90 Å². The number of nitrogens with zero attached hydrogens (tertiary/aromatic N) is 3. The van der Waals surface area contributed by atoms with Gasteiger partial charge in [0.1, 0.15) is 5.82 Å². The molecule has 1 aromatic rings. The topological polar surface area (TPSA) is 56.7 Å². The summed E-state index contributed by atoms with van der Waals surface area (Å²) in [5.41, 5.74) is -0.815. The van der Waals surface area contributed by atoms with Crippen LogP contribution in [0, 0.1) is 3.57 Å². The fraction of sp³-hybridized carbons (Fsp3) is 0.600. The smallest absolute Gasteiger partial charge is 0.408 e. The van der Waals surface area contributed by atoms with Gasteiger partial charge in [-0.15, -0.1) is 0 Å². The lowest BCUT2D eigenvalue weighted by molar-refractivity contribution is 0.0346. The highest BCUT2D eigenvalue weighted by atomic mass is 127. The first kappa shape index (κ1) is 16.3. The summed E-state index contributed by atoms with van der Waals surface area (Å²) in [5.74, 6) is 0.915. The molecule has 0 radical (unpaired) electrons. The molecule has 2 rings (SSSR count). The van der Waals surface area contributed by atoms with Crippen molar-refractivity contribution in [2.75, 3.05) is 18.0 Å². The number of amides is 1. The maximum atomic E-state index is 11.7. The van der Waals surface area contributed by atoms with E-state index in [0.717, 1.165) is 22.4 Å². The van der Waals surface area contributed by atoms with E-state index in [4.69, 9.17) is 0 Å². The molecule has 0 bridgehead atoms. The third-order valence-corrected chi connectivity index (χ3v) is 4.53. The minimum Gasteiger partial charge on any atom is -0.465 e. The molecule has 0 aromatic carbocycles. The summed E-state index contributed by atoms with van der Waals surface area (Å²) in [6.07, 6.45) is 1.79. The lowest BCUT2D eigenvalue weighted by Crippen LogP contribution is -2.59. The Kier molecular flexibility index (Phi) is 4.37. The average molecular weight is 403 g/mol. The number of halogens is 1. The number of aromatic nitrogens is 1. The van der Waals surface area contributed by atoms with Crippen LogP contribution in [0.3, 0.4) is 0 Å².